The molecule has 150 valence electrons. The molecule has 0 saturated carbocycles. The summed E-state index contributed by atoms with van der Waals surface area (Å²) in [6.45, 7) is 0.290. The molecule has 0 fully saturated rings. The van der Waals surface area contributed by atoms with Crippen LogP contribution in [-0.2, 0) is 21.2 Å². The lowest BCUT2D eigenvalue weighted by Gasteiger charge is -2.19. The predicted molar refractivity (Wildman–Crippen MR) is 111 cm³/mol. The molecular weight excluding hydrogens is 388 g/mol. The molecule has 3 rings (SSSR count). The van der Waals surface area contributed by atoms with Crippen LogP contribution in [0.1, 0.15) is 22.3 Å². The van der Waals surface area contributed by atoms with E-state index in [1.807, 2.05) is 18.2 Å². The summed E-state index contributed by atoms with van der Waals surface area (Å²) < 4.78 is 32.0. The summed E-state index contributed by atoms with van der Waals surface area (Å²) in [5.74, 6) is -0.472. The number of carbonyl (C=O) groups excluding carboxylic acids is 1. The Hall–Kier alpha value is -3.19. The molecule has 0 spiro atoms. The third-order valence-corrected chi connectivity index (χ3v) is 6.26. The minimum Gasteiger partial charge on any atom is -0.462 e. The van der Waals surface area contributed by atoms with Crippen LogP contribution in [0.3, 0.4) is 0 Å². The number of aryl methyl sites for hydroxylation is 1. The number of anilines is 1. The van der Waals surface area contributed by atoms with Gasteiger partial charge in [0.25, 0.3) is 10.0 Å². The monoisotopic (exact) mass is 410 g/mol. The Labute approximate surface area is 170 Å². The van der Waals surface area contributed by atoms with E-state index in [2.05, 4.69) is 4.98 Å². The van der Waals surface area contributed by atoms with E-state index in [9.17, 15) is 13.2 Å². The van der Waals surface area contributed by atoms with Crippen molar-refractivity contribution in [1.29, 1.82) is 0 Å². The molecule has 0 aliphatic carbocycles. The van der Waals surface area contributed by atoms with Gasteiger partial charge in [-0.05, 0) is 66.9 Å². The number of nitrogens with zero attached hydrogens (tertiary/aromatic N) is 2. The second-order valence-corrected chi connectivity index (χ2v) is 8.40. The molecule has 1 aromatic heterocycles. The molecule has 3 aromatic rings. The van der Waals surface area contributed by atoms with Crippen molar-refractivity contribution in [2.45, 2.75) is 17.7 Å². The van der Waals surface area contributed by atoms with Crippen LogP contribution in [0, 0.1) is 0 Å². The summed E-state index contributed by atoms with van der Waals surface area (Å²) in [5.41, 5.74) is 2.01. The van der Waals surface area contributed by atoms with Crippen LogP contribution < -0.4 is 4.31 Å². The molecule has 0 atom stereocenters. The van der Waals surface area contributed by atoms with Gasteiger partial charge in [0.05, 0.1) is 22.8 Å². The maximum Gasteiger partial charge on any atom is 0.338 e. The summed E-state index contributed by atoms with van der Waals surface area (Å²) in [6.07, 6.45) is 4.95. The molecule has 29 heavy (non-hydrogen) atoms. The Balaban J connectivity index is 1.58. The van der Waals surface area contributed by atoms with E-state index in [1.54, 1.807) is 36.7 Å². The fraction of sp³-hybridized carbons (Fsp3) is 0.182. The van der Waals surface area contributed by atoms with Gasteiger partial charge >= 0.3 is 5.97 Å². The minimum absolute atomic E-state index is 0.109. The van der Waals surface area contributed by atoms with Gasteiger partial charge in [-0.25, -0.2) is 13.2 Å². The van der Waals surface area contributed by atoms with Gasteiger partial charge in [0.15, 0.2) is 0 Å². The first-order valence-corrected chi connectivity index (χ1v) is 10.6. The Morgan fingerprint density at radius 1 is 0.966 bits per heavy atom. The third-order valence-electron chi connectivity index (χ3n) is 4.46. The first kappa shape index (κ1) is 20.5. The SMILES string of the molecule is CN(c1ccccc1)S(=O)(=O)c1ccc(C(=O)OCCCc2ccncc2)cc1. The first-order chi connectivity index (χ1) is 14.0. The number of hydrogen-bond donors (Lipinski definition) is 0. The lowest BCUT2D eigenvalue weighted by molar-refractivity contribution is 0.0500. The highest BCUT2D eigenvalue weighted by atomic mass is 32.2. The molecule has 0 unspecified atom stereocenters. The van der Waals surface area contributed by atoms with Gasteiger partial charge in [0.2, 0.25) is 0 Å². The molecular formula is C22H22N2O4S. The second-order valence-electron chi connectivity index (χ2n) is 6.43. The van der Waals surface area contributed by atoms with Gasteiger partial charge in [-0.3, -0.25) is 9.29 Å². The Morgan fingerprint density at radius 3 is 2.28 bits per heavy atom. The summed E-state index contributed by atoms with van der Waals surface area (Å²) >= 11 is 0. The zero-order valence-electron chi connectivity index (χ0n) is 16.1. The number of aromatic nitrogens is 1. The topological polar surface area (TPSA) is 76.6 Å². The van der Waals surface area contributed by atoms with Crippen LogP contribution in [0.25, 0.3) is 0 Å². The third kappa shape index (κ3) is 5.20. The average Bonchev–Trinajstić information content (AvgIpc) is 2.77. The number of sulfonamides is 1. The normalized spacial score (nSPS) is 11.1. The number of rotatable bonds is 8. The van der Waals surface area contributed by atoms with Crippen molar-refractivity contribution < 1.29 is 17.9 Å². The number of para-hydroxylation sites is 1. The molecule has 6 nitrogen and oxygen atoms in total. The number of esters is 1. The van der Waals surface area contributed by atoms with E-state index in [-0.39, 0.29) is 11.5 Å². The number of carbonyl (C=O) groups is 1. The summed E-state index contributed by atoms with van der Waals surface area (Å²) in [7, 11) is -2.21. The maximum absolute atomic E-state index is 12.8. The van der Waals surface area contributed by atoms with Gasteiger partial charge in [-0.2, -0.15) is 0 Å². The molecule has 1 heterocycles. The van der Waals surface area contributed by atoms with E-state index in [4.69, 9.17) is 4.74 Å². The van der Waals surface area contributed by atoms with Crippen molar-refractivity contribution in [2.75, 3.05) is 18.0 Å². The van der Waals surface area contributed by atoms with Crippen molar-refractivity contribution in [1.82, 2.24) is 4.98 Å². The van der Waals surface area contributed by atoms with E-state index >= 15 is 0 Å². The largest absolute Gasteiger partial charge is 0.462 e. The molecule has 0 saturated heterocycles. The zero-order chi connectivity index (χ0) is 20.7. The van der Waals surface area contributed by atoms with Crippen molar-refractivity contribution in [3.8, 4) is 0 Å². The van der Waals surface area contributed by atoms with Gasteiger partial charge in [-0.15, -0.1) is 0 Å². The molecule has 2 aromatic carbocycles. The molecule has 0 N–H and O–H groups in total. The lowest BCUT2D eigenvalue weighted by atomic mass is 10.1. The second kappa shape index (κ2) is 9.34. The smallest absolute Gasteiger partial charge is 0.338 e. The van der Waals surface area contributed by atoms with Gasteiger partial charge < -0.3 is 4.74 Å². The van der Waals surface area contributed by atoms with Gasteiger partial charge in [0, 0.05) is 19.4 Å². The van der Waals surface area contributed by atoms with E-state index in [1.165, 1.54) is 35.6 Å². The molecule has 7 heteroatoms. The van der Waals surface area contributed by atoms with E-state index in [0.29, 0.717) is 17.7 Å². The zero-order valence-corrected chi connectivity index (χ0v) is 16.9. The number of ether oxygens (including phenoxy) is 1. The number of pyridine rings is 1. The molecule has 0 bridgehead atoms. The molecule has 0 radical (unpaired) electrons. The maximum atomic E-state index is 12.8. The summed E-state index contributed by atoms with van der Waals surface area (Å²) in [5, 5.41) is 0. The van der Waals surface area contributed by atoms with E-state index in [0.717, 1.165) is 12.0 Å². The average molecular weight is 410 g/mol. The van der Waals surface area contributed by atoms with Crippen LogP contribution in [0.2, 0.25) is 0 Å². The fourth-order valence-corrected chi connectivity index (χ4v) is 3.97. The standard InChI is InChI=1S/C22H22N2O4S/c1-24(20-7-3-2-4-8-20)29(26,27)21-11-9-19(10-12-21)22(25)28-17-5-6-18-13-15-23-16-14-18/h2-4,7-16H,5-6,17H2,1H3. The van der Waals surface area contributed by atoms with Gasteiger partial charge in [0.1, 0.15) is 0 Å². The highest BCUT2D eigenvalue weighted by Crippen LogP contribution is 2.22. The Morgan fingerprint density at radius 2 is 1.62 bits per heavy atom. The minimum atomic E-state index is -3.71. The Bertz CT molecular complexity index is 1040. The molecule has 0 amide bonds. The van der Waals surface area contributed by atoms with Crippen LogP contribution >= 0.6 is 0 Å². The van der Waals surface area contributed by atoms with Crippen molar-refractivity contribution >= 4 is 21.7 Å². The highest BCUT2D eigenvalue weighted by Gasteiger charge is 2.21. The van der Waals surface area contributed by atoms with Crippen LogP contribution in [0.4, 0.5) is 5.69 Å². The highest BCUT2D eigenvalue weighted by molar-refractivity contribution is 7.92. The molecule has 0 aliphatic heterocycles. The van der Waals surface area contributed by atoms with E-state index < -0.39 is 16.0 Å². The Kier molecular flexibility index (Phi) is 6.61. The van der Waals surface area contributed by atoms with Crippen molar-refractivity contribution in [2.24, 2.45) is 0 Å². The quantitative estimate of drug-likeness (QED) is 0.418. The van der Waals surface area contributed by atoms with Gasteiger partial charge in [-0.1, -0.05) is 18.2 Å². The number of hydrogen-bond acceptors (Lipinski definition) is 5. The van der Waals surface area contributed by atoms with Crippen LogP contribution in [-0.4, -0.2) is 33.0 Å². The van der Waals surface area contributed by atoms with Crippen LogP contribution in [0.15, 0.2) is 84.0 Å². The summed E-state index contributed by atoms with van der Waals surface area (Å²) in [4.78, 5) is 16.3. The van der Waals surface area contributed by atoms with Crippen molar-refractivity contribution in [3.63, 3.8) is 0 Å². The molecule has 0 aliphatic rings. The fourth-order valence-electron chi connectivity index (χ4n) is 2.77. The van der Waals surface area contributed by atoms with Crippen molar-refractivity contribution in [3.05, 3.63) is 90.3 Å². The predicted octanol–water partition coefficient (Wildman–Crippen LogP) is 3.70. The summed E-state index contributed by atoms with van der Waals surface area (Å²) in [6, 6.07) is 18.4. The lowest BCUT2D eigenvalue weighted by Crippen LogP contribution is -2.26. The van der Waals surface area contributed by atoms with Crippen LogP contribution in [0.5, 0.6) is 0 Å². The first-order valence-electron chi connectivity index (χ1n) is 9.18. The number of benzene rings is 2.